The fraction of sp³-hybridized carbons (Fsp3) is 0.667. The Morgan fingerprint density at radius 1 is 1.11 bits per heavy atom. The fourth-order valence-electron chi connectivity index (χ4n) is 5.34. The van der Waals surface area contributed by atoms with Gasteiger partial charge in [0.25, 0.3) is 0 Å². The minimum atomic E-state index is -0.750. The van der Waals surface area contributed by atoms with Crippen LogP contribution in [0.1, 0.15) is 51.5 Å². The quantitative estimate of drug-likeness (QED) is 0.580. The zero-order valence-electron chi connectivity index (χ0n) is 21.6. The highest BCUT2D eigenvalue weighted by Crippen LogP contribution is 2.31. The van der Waals surface area contributed by atoms with Crippen LogP contribution < -0.4 is 5.73 Å². The van der Waals surface area contributed by atoms with Crippen molar-refractivity contribution in [3.63, 3.8) is 0 Å². The van der Waals surface area contributed by atoms with E-state index in [4.69, 9.17) is 15.2 Å². The molecule has 0 radical (unpaired) electrons. The molecule has 3 fully saturated rings. The number of carbonyl (C=O) groups excluding carboxylic acids is 3. The second kappa shape index (κ2) is 11.8. The van der Waals surface area contributed by atoms with Gasteiger partial charge in [0.2, 0.25) is 17.7 Å². The molecular weight excluding hydrogens is 460 g/mol. The lowest BCUT2D eigenvalue weighted by Gasteiger charge is -2.38. The van der Waals surface area contributed by atoms with E-state index in [1.807, 2.05) is 54.0 Å². The molecule has 198 valence electrons. The van der Waals surface area contributed by atoms with E-state index in [9.17, 15) is 14.4 Å². The number of hydrogen-bond acceptors (Lipinski definition) is 7. The summed E-state index contributed by atoms with van der Waals surface area (Å²) in [5.41, 5.74) is 7.16. The summed E-state index contributed by atoms with van der Waals surface area (Å²) in [5, 5.41) is 0. The molecule has 1 aromatic rings. The second-order valence-electron chi connectivity index (χ2n) is 10.3. The van der Waals surface area contributed by atoms with Gasteiger partial charge in [-0.3, -0.25) is 24.2 Å². The summed E-state index contributed by atoms with van der Waals surface area (Å²) in [6.07, 6.45) is 3.49. The predicted octanol–water partition coefficient (Wildman–Crippen LogP) is 1.75. The molecule has 0 aromatic heterocycles. The molecule has 0 bridgehead atoms. The van der Waals surface area contributed by atoms with E-state index in [1.54, 1.807) is 0 Å². The van der Waals surface area contributed by atoms with E-state index in [1.165, 1.54) is 4.90 Å². The molecule has 0 unspecified atom stereocenters. The van der Waals surface area contributed by atoms with Gasteiger partial charge in [-0.2, -0.15) is 0 Å². The van der Waals surface area contributed by atoms with Crippen molar-refractivity contribution in [2.24, 2.45) is 11.7 Å². The summed E-state index contributed by atoms with van der Waals surface area (Å²) < 4.78 is 11.5. The van der Waals surface area contributed by atoms with Crippen LogP contribution in [0.25, 0.3) is 0 Å². The normalized spacial score (nSPS) is 23.5. The van der Waals surface area contributed by atoms with Crippen LogP contribution in [0.4, 0.5) is 0 Å². The van der Waals surface area contributed by atoms with Gasteiger partial charge in [-0.15, -0.1) is 0 Å². The van der Waals surface area contributed by atoms with Gasteiger partial charge in [0.05, 0.1) is 38.4 Å². The van der Waals surface area contributed by atoms with E-state index in [0.717, 1.165) is 18.4 Å². The Balaban J connectivity index is 1.43. The lowest BCUT2D eigenvalue weighted by atomic mass is 9.98. The van der Waals surface area contributed by atoms with Gasteiger partial charge in [0.15, 0.2) is 5.79 Å². The number of imide groups is 1. The Hall–Kier alpha value is -2.33. The number of nitrogens with two attached hydrogens (primary N) is 1. The van der Waals surface area contributed by atoms with E-state index in [0.29, 0.717) is 52.1 Å². The maximum absolute atomic E-state index is 13.8. The molecule has 3 saturated heterocycles. The molecule has 3 amide bonds. The highest BCUT2D eigenvalue weighted by Gasteiger charge is 2.42. The number of ether oxygens (including phenoxy) is 2. The summed E-state index contributed by atoms with van der Waals surface area (Å²) >= 11 is 0. The number of carbonyl (C=O) groups is 3. The van der Waals surface area contributed by atoms with Crippen molar-refractivity contribution in [2.75, 3.05) is 39.4 Å². The molecular formula is C27H40N4O5. The Labute approximate surface area is 213 Å². The molecule has 9 nitrogen and oxygen atoms in total. The molecule has 3 aliphatic heterocycles. The molecule has 0 saturated carbocycles. The molecule has 36 heavy (non-hydrogen) atoms. The van der Waals surface area contributed by atoms with Crippen molar-refractivity contribution in [1.82, 2.24) is 14.7 Å². The van der Waals surface area contributed by atoms with Crippen LogP contribution in [0.2, 0.25) is 0 Å². The first-order chi connectivity index (χ1) is 17.3. The lowest BCUT2D eigenvalue weighted by Crippen LogP contribution is -2.55. The molecule has 0 aliphatic carbocycles. The zero-order chi connectivity index (χ0) is 25.7. The van der Waals surface area contributed by atoms with Gasteiger partial charge in [-0.25, -0.2) is 0 Å². The van der Waals surface area contributed by atoms with Crippen molar-refractivity contribution in [3.8, 4) is 0 Å². The summed E-state index contributed by atoms with van der Waals surface area (Å²) in [4.78, 5) is 45.4. The molecule has 2 N–H and O–H groups in total. The number of piperidine rings is 1. The third kappa shape index (κ3) is 5.96. The first-order valence-electron chi connectivity index (χ1n) is 13.3. The lowest BCUT2D eigenvalue weighted by molar-refractivity contribution is -0.187. The smallest absolute Gasteiger partial charge is 0.246 e. The number of rotatable bonds is 8. The topological polar surface area (TPSA) is 105 Å². The maximum Gasteiger partial charge on any atom is 0.246 e. The number of hydrogen-bond donors (Lipinski definition) is 1. The Morgan fingerprint density at radius 2 is 1.78 bits per heavy atom. The second-order valence-corrected chi connectivity index (χ2v) is 10.3. The summed E-state index contributed by atoms with van der Waals surface area (Å²) in [5.74, 6) is -1.19. The Kier molecular flexibility index (Phi) is 8.77. The molecule has 4 rings (SSSR count). The Bertz CT molecular complexity index is 910. The highest BCUT2D eigenvalue weighted by atomic mass is 16.7. The molecule has 3 atom stereocenters. The molecule has 9 heteroatoms. The van der Waals surface area contributed by atoms with Crippen LogP contribution in [0.5, 0.6) is 0 Å². The SMILES string of the molecule is CC[C@H](C)[C@H](N)C(=O)N(Cc1ccccc1)C(=O)[C@@H]1CCCN1CC(=O)N1CCC2(CC1)OCCO2. The third-order valence-corrected chi connectivity index (χ3v) is 7.94. The van der Waals surface area contributed by atoms with Gasteiger partial charge in [0.1, 0.15) is 0 Å². The molecule has 3 aliphatic rings. The summed E-state index contributed by atoms with van der Waals surface area (Å²) in [7, 11) is 0. The van der Waals surface area contributed by atoms with Gasteiger partial charge in [0, 0.05) is 25.9 Å². The van der Waals surface area contributed by atoms with Crippen LogP contribution in [-0.4, -0.2) is 89.7 Å². The van der Waals surface area contributed by atoms with Gasteiger partial charge < -0.3 is 20.1 Å². The Morgan fingerprint density at radius 3 is 2.42 bits per heavy atom. The third-order valence-electron chi connectivity index (χ3n) is 7.94. The first kappa shape index (κ1) is 26.7. The van der Waals surface area contributed by atoms with Gasteiger partial charge in [-0.05, 0) is 30.9 Å². The predicted molar refractivity (Wildman–Crippen MR) is 134 cm³/mol. The van der Waals surface area contributed by atoms with Crippen LogP contribution in [-0.2, 0) is 30.4 Å². The molecule has 1 aromatic carbocycles. The maximum atomic E-state index is 13.8. The number of amides is 3. The summed E-state index contributed by atoms with van der Waals surface area (Å²) in [6.45, 7) is 7.26. The standard InChI is InChI=1S/C27H40N4O5/c1-3-20(2)24(28)26(34)31(18-21-8-5-4-6-9-21)25(33)22-10-7-13-30(22)19-23(32)29-14-11-27(12-15-29)35-16-17-36-27/h4-6,8-9,20,22,24H,3,7,10-19,28H2,1-2H3/t20-,22-,24-/m0/s1. The van der Waals surface area contributed by atoms with Crippen LogP contribution in [0.3, 0.4) is 0 Å². The van der Waals surface area contributed by atoms with Crippen molar-refractivity contribution < 1.29 is 23.9 Å². The van der Waals surface area contributed by atoms with E-state index in [-0.39, 0.29) is 36.7 Å². The van der Waals surface area contributed by atoms with Crippen LogP contribution >= 0.6 is 0 Å². The van der Waals surface area contributed by atoms with Crippen LogP contribution in [0.15, 0.2) is 30.3 Å². The van der Waals surface area contributed by atoms with Gasteiger partial charge >= 0.3 is 0 Å². The minimum Gasteiger partial charge on any atom is -0.347 e. The molecule has 1 spiro atoms. The zero-order valence-corrected chi connectivity index (χ0v) is 21.6. The van der Waals surface area contributed by atoms with E-state index >= 15 is 0 Å². The first-order valence-corrected chi connectivity index (χ1v) is 13.3. The monoisotopic (exact) mass is 500 g/mol. The average molecular weight is 501 g/mol. The largest absolute Gasteiger partial charge is 0.347 e. The molecule has 3 heterocycles. The van der Waals surface area contributed by atoms with Crippen molar-refractivity contribution >= 4 is 17.7 Å². The van der Waals surface area contributed by atoms with Crippen LogP contribution in [0, 0.1) is 5.92 Å². The van der Waals surface area contributed by atoms with Gasteiger partial charge in [-0.1, -0.05) is 50.6 Å². The minimum absolute atomic E-state index is 0.000195. The number of nitrogens with zero attached hydrogens (tertiary/aromatic N) is 3. The van der Waals surface area contributed by atoms with Crippen molar-refractivity contribution in [1.29, 1.82) is 0 Å². The number of benzene rings is 1. The van der Waals surface area contributed by atoms with Crippen molar-refractivity contribution in [2.45, 2.75) is 70.4 Å². The highest BCUT2D eigenvalue weighted by molar-refractivity contribution is 6.00. The fourth-order valence-corrected chi connectivity index (χ4v) is 5.34. The van der Waals surface area contributed by atoms with E-state index < -0.39 is 17.9 Å². The number of likely N-dealkylation sites (tertiary alicyclic amines) is 2. The van der Waals surface area contributed by atoms with Crippen molar-refractivity contribution in [3.05, 3.63) is 35.9 Å². The summed E-state index contributed by atoms with van der Waals surface area (Å²) in [6, 6.07) is 8.23. The average Bonchev–Trinajstić information content (AvgIpc) is 3.56. The van der Waals surface area contributed by atoms with E-state index in [2.05, 4.69) is 0 Å².